The predicted molar refractivity (Wildman–Crippen MR) is 200 cm³/mol. The minimum Gasteiger partial charge on any atom is -0.367 e. The molecule has 2 N–H and O–H groups in total. The third kappa shape index (κ3) is 6.06. The Morgan fingerprint density at radius 3 is 1.72 bits per heavy atom. The molecule has 0 bridgehead atoms. The van der Waals surface area contributed by atoms with E-state index >= 15 is 0 Å². The van der Waals surface area contributed by atoms with E-state index in [2.05, 4.69) is 87.0 Å². The van der Waals surface area contributed by atoms with Gasteiger partial charge in [0.1, 0.15) is 34.3 Å². The molecule has 254 valence electrons. The maximum Gasteiger partial charge on any atom is 0.167 e. The summed E-state index contributed by atoms with van der Waals surface area (Å²) in [6, 6.07) is 25.0. The Kier molecular flexibility index (Phi) is 8.01. The number of rotatable bonds is 5. The van der Waals surface area contributed by atoms with Crippen molar-refractivity contribution in [1.82, 2.24) is 29.1 Å². The van der Waals surface area contributed by atoms with Crippen molar-refractivity contribution in [1.29, 1.82) is 0 Å². The third-order valence-electron chi connectivity index (χ3n) is 9.35. The minimum absolute atomic E-state index is 0.0717. The molecule has 8 aromatic rings. The molecule has 50 heavy (non-hydrogen) atoms. The van der Waals surface area contributed by atoms with Crippen LogP contribution in [0.3, 0.4) is 0 Å². The van der Waals surface area contributed by atoms with E-state index < -0.39 is 0 Å². The molecule has 1 saturated carbocycles. The monoisotopic (exact) mass is 666 g/mol. The van der Waals surface area contributed by atoms with Crippen LogP contribution in [0.2, 0.25) is 0 Å². The van der Waals surface area contributed by atoms with Crippen LogP contribution in [0.5, 0.6) is 0 Å². The quantitative estimate of drug-likeness (QED) is 0.187. The fourth-order valence-corrected chi connectivity index (χ4v) is 6.86. The lowest BCUT2D eigenvalue weighted by atomic mass is 9.95. The highest BCUT2D eigenvalue weighted by molar-refractivity contribution is 5.89. The molecule has 6 heterocycles. The van der Waals surface area contributed by atoms with E-state index in [0.717, 1.165) is 78.8 Å². The number of nitrogens with one attached hydrogen (secondary N) is 2. The molecule has 0 atom stereocenters. The molecular weight excluding hydrogens is 624 g/mol. The molecule has 1 aliphatic rings. The molecule has 2 aromatic carbocycles. The zero-order valence-electron chi connectivity index (χ0n) is 29.2. The largest absolute Gasteiger partial charge is 0.367 e. The van der Waals surface area contributed by atoms with E-state index in [0.29, 0.717) is 6.04 Å². The zero-order valence-corrected chi connectivity index (χ0v) is 29.2. The first-order valence-corrected chi connectivity index (χ1v) is 17.4. The van der Waals surface area contributed by atoms with Gasteiger partial charge < -0.3 is 19.7 Å². The maximum absolute atomic E-state index is 5.36. The summed E-state index contributed by atoms with van der Waals surface area (Å²) < 4.78 is 14.9. The van der Waals surface area contributed by atoms with E-state index in [-0.39, 0.29) is 5.54 Å². The number of imidazole rings is 2. The SMILES string of the molecule is Cc1noc2ccc(-c3nc4ccccn4c3NC(C)(C)C)cc12.Cc1noc2ccc(-c3nc4ccccn4c3NC3CCCCC3)cc12. The molecule has 10 heteroatoms. The number of fused-ring (bicyclic) bond motifs is 4. The second-order valence-corrected chi connectivity index (χ2v) is 14.3. The van der Waals surface area contributed by atoms with Crippen molar-refractivity contribution < 1.29 is 9.05 Å². The van der Waals surface area contributed by atoms with Crippen molar-refractivity contribution in [2.75, 3.05) is 10.6 Å². The van der Waals surface area contributed by atoms with E-state index in [9.17, 15) is 0 Å². The fourth-order valence-electron chi connectivity index (χ4n) is 6.86. The molecule has 0 radical (unpaired) electrons. The van der Waals surface area contributed by atoms with Crippen LogP contribution in [0.1, 0.15) is 64.3 Å². The van der Waals surface area contributed by atoms with Gasteiger partial charge >= 0.3 is 0 Å². The number of benzene rings is 2. The van der Waals surface area contributed by atoms with E-state index in [4.69, 9.17) is 19.0 Å². The smallest absolute Gasteiger partial charge is 0.167 e. The van der Waals surface area contributed by atoms with E-state index in [1.165, 1.54) is 32.1 Å². The fraction of sp³-hybridized carbons (Fsp3) is 0.300. The van der Waals surface area contributed by atoms with Crippen LogP contribution in [-0.4, -0.2) is 40.7 Å². The molecule has 1 fully saturated rings. The average molecular weight is 667 g/mol. The normalized spacial score (nSPS) is 14.0. The predicted octanol–water partition coefficient (Wildman–Crippen LogP) is 9.86. The van der Waals surface area contributed by atoms with Gasteiger partial charge in [0.25, 0.3) is 0 Å². The van der Waals surface area contributed by atoms with Crippen LogP contribution >= 0.6 is 0 Å². The van der Waals surface area contributed by atoms with Crippen molar-refractivity contribution in [3.63, 3.8) is 0 Å². The summed E-state index contributed by atoms with van der Waals surface area (Å²) in [6.07, 6.45) is 10.5. The van der Waals surface area contributed by atoms with Crippen LogP contribution in [0, 0.1) is 13.8 Å². The molecule has 0 amide bonds. The van der Waals surface area contributed by atoms with Gasteiger partial charge in [-0.3, -0.25) is 8.80 Å². The summed E-state index contributed by atoms with van der Waals surface area (Å²) in [5, 5.41) is 17.6. The first-order chi connectivity index (χ1) is 24.2. The van der Waals surface area contributed by atoms with Crippen molar-refractivity contribution in [3.8, 4) is 22.5 Å². The van der Waals surface area contributed by atoms with Crippen molar-refractivity contribution >= 4 is 44.9 Å². The Morgan fingerprint density at radius 1 is 0.660 bits per heavy atom. The first kappa shape index (κ1) is 31.6. The van der Waals surface area contributed by atoms with Gasteiger partial charge in [-0.05, 0) is 108 Å². The third-order valence-corrected chi connectivity index (χ3v) is 9.35. The van der Waals surface area contributed by atoms with Gasteiger partial charge in [0.05, 0.1) is 11.4 Å². The number of pyridine rings is 2. The highest BCUT2D eigenvalue weighted by atomic mass is 16.5. The zero-order chi connectivity index (χ0) is 34.4. The lowest BCUT2D eigenvalue weighted by Crippen LogP contribution is -2.27. The first-order valence-electron chi connectivity index (χ1n) is 17.4. The second kappa shape index (κ2) is 12.7. The van der Waals surface area contributed by atoms with E-state index in [1.54, 1.807) is 0 Å². The van der Waals surface area contributed by atoms with Crippen LogP contribution < -0.4 is 10.6 Å². The molecule has 10 nitrogen and oxygen atoms in total. The Hall–Kier alpha value is -5.64. The number of aromatic nitrogens is 6. The Morgan fingerprint density at radius 2 is 1.18 bits per heavy atom. The van der Waals surface area contributed by atoms with E-state index in [1.807, 2.05) is 62.5 Å². The molecular formula is C40H42N8O2. The molecule has 0 saturated heterocycles. The van der Waals surface area contributed by atoms with Gasteiger partial charge in [0.15, 0.2) is 11.2 Å². The molecule has 6 aromatic heterocycles. The second-order valence-electron chi connectivity index (χ2n) is 14.3. The summed E-state index contributed by atoms with van der Waals surface area (Å²) in [6.45, 7) is 10.4. The summed E-state index contributed by atoms with van der Waals surface area (Å²) in [5.74, 6) is 2.08. The molecule has 0 spiro atoms. The maximum atomic E-state index is 5.36. The number of hydrogen-bond donors (Lipinski definition) is 2. The summed E-state index contributed by atoms with van der Waals surface area (Å²) >= 11 is 0. The topological polar surface area (TPSA) is 111 Å². The highest BCUT2D eigenvalue weighted by Crippen LogP contribution is 2.35. The molecule has 0 aliphatic heterocycles. The average Bonchev–Trinajstić information content (AvgIpc) is 3.89. The van der Waals surface area contributed by atoms with Crippen LogP contribution in [0.4, 0.5) is 11.6 Å². The van der Waals surface area contributed by atoms with Gasteiger partial charge in [0, 0.05) is 45.9 Å². The van der Waals surface area contributed by atoms with Gasteiger partial charge in [-0.25, -0.2) is 9.97 Å². The lowest BCUT2D eigenvalue weighted by molar-refractivity contribution is 0.450. The van der Waals surface area contributed by atoms with Gasteiger partial charge in [-0.1, -0.05) is 41.7 Å². The number of hydrogen-bond acceptors (Lipinski definition) is 8. The molecule has 1 aliphatic carbocycles. The van der Waals surface area contributed by atoms with Crippen LogP contribution in [0.25, 0.3) is 55.7 Å². The van der Waals surface area contributed by atoms with Crippen molar-refractivity contribution in [2.45, 2.75) is 78.3 Å². The van der Waals surface area contributed by atoms with Crippen molar-refractivity contribution in [3.05, 3.63) is 96.6 Å². The minimum atomic E-state index is -0.0717. The van der Waals surface area contributed by atoms with Crippen molar-refractivity contribution in [2.24, 2.45) is 0 Å². The van der Waals surface area contributed by atoms with Crippen LogP contribution in [-0.2, 0) is 0 Å². The Labute approximate surface area is 290 Å². The van der Waals surface area contributed by atoms with Gasteiger partial charge in [0.2, 0.25) is 0 Å². The van der Waals surface area contributed by atoms with Crippen LogP contribution in [0.15, 0.2) is 94.2 Å². The standard InChI is InChI=1S/C21H22N4O.C19H20N4O/c1-14-17-13-15(10-11-18(17)26-24-14)20-21(22-16-7-3-2-4-8-16)25-12-6-5-9-19(25)23-20;1-12-14-11-13(8-9-15(14)24-22-12)17-18(21-19(2,3)4)23-10-6-5-7-16(23)20-17/h5-6,9-13,16,22H,2-4,7-8H2,1H3;5-11,21H,1-4H3. The van der Waals surface area contributed by atoms with Gasteiger partial charge in [-0.2, -0.15) is 0 Å². The molecule has 0 unspecified atom stereocenters. The Bertz CT molecular complexity index is 2450. The number of anilines is 2. The lowest BCUT2D eigenvalue weighted by Gasteiger charge is -2.24. The molecule has 9 rings (SSSR count). The number of aryl methyl sites for hydroxylation is 2. The summed E-state index contributed by atoms with van der Waals surface area (Å²) in [4.78, 5) is 9.76. The highest BCUT2D eigenvalue weighted by Gasteiger charge is 2.22. The Balaban J connectivity index is 0.000000145. The summed E-state index contributed by atoms with van der Waals surface area (Å²) in [5.41, 5.74) is 9.27. The van der Waals surface area contributed by atoms with Gasteiger partial charge in [-0.15, -0.1) is 0 Å². The number of nitrogens with zero attached hydrogens (tertiary/aromatic N) is 6. The summed E-state index contributed by atoms with van der Waals surface area (Å²) in [7, 11) is 0.